The maximum absolute atomic E-state index is 13.0. The molecule has 8 nitrogen and oxygen atoms in total. The SMILES string of the molecule is CC[C@H]1CC[C@@](NC(=O)c2cnc(OC)c(OCCc3cccc(CCO)c3)c2)(C(=O)O)CC1. The Morgan fingerprint density at radius 3 is 2.50 bits per heavy atom. The standard InChI is InChI=1S/C26H34N2O6/c1-3-18-7-11-26(12-8-18,25(31)32)28-23(30)21-16-22(24(33-2)27-17-21)34-14-10-20-6-4-5-19(15-20)9-13-29/h4-6,15-18,29H,3,7-14H2,1-2H3,(H,28,30)(H,31,32)/t18-,26-. The minimum Gasteiger partial charge on any atom is -0.488 e. The van der Waals surface area contributed by atoms with Gasteiger partial charge in [0.15, 0.2) is 5.75 Å². The summed E-state index contributed by atoms with van der Waals surface area (Å²) in [5.74, 6) is -0.426. The lowest BCUT2D eigenvalue weighted by Crippen LogP contribution is -2.56. The highest BCUT2D eigenvalue weighted by atomic mass is 16.5. The fourth-order valence-corrected chi connectivity index (χ4v) is 4.42. The molecule has 0 spiro atoms. The van der Waals surface area contributed by atoms with E-state index in [1.165, 1.54) is 19.4 Å². The molecule has 1 saturated carbocycles. The van der Waals surface area contributed by atoms with Gasteiger partial charge < -0.3 is 25.0 Å². The Morgan fingerprint density at radius 2 is 1.88 bits per heavy atom. The quantitative estimate of drug-likeness (QED) is 0.461. The zero-order valence-electron chi connectivity index (χ0n) is 19.9. The van der Waals surface area contributed by atoms with Crippen LogP contribution in [0.2, 0.25) is 0 Å². The first kappa shape index (κ1) is 25.5. The molecule has 0 atom stereocenters. The molecule has 3 rings (SSSR count). The molecule has 184 valence electrons. The van der Waals surface area contributed by atoms with Gasteiger partial charge in [0.25, 0.3) is 11.8 Å². The number of nitrogens with zero attached hydrogens (tertiary/aromatic N) is 1. The minimum atomic E-state index is -1.26. The number of aliphatic hydroxyl groups is 1. The van der Waals surface area contributed by atoms with Crippen LogP contribution in [0, 0.1) is 5.92 Å². The zero-order valence-corrected chi connectivity index (χ0v) is 19.9. The van der Waals surface area contributed by atoms with Crippen LogP contribution in [0.4, 0.5) is 0 Å². The third-order valence-corrected chi connectivity index (χ3v) is 6.61. The highest BCUT2D eigenvalue weighted by molar-refractivity contribution is 5.98. The second-order valence-electron chi connectivity index (χ2n) is 8.82. The molecule has 0 bridgehead atoms. The topological polar surface area (TPSA) is 118 Å². The van der Waals surface area contributed by atoms with Crippen LogP contribution in [-0.4, -0.2) is 52.9 Å². The summed E-state index contributed by atoms with van der Waals surface area (Å²) in [7, 11) is 1.47. The molecule has 1 aromatic carbocycles. The van der Waals surface area contributed by atoms with E-state index in [-0.39, 0.29) is 18.1 Å². The van der Waals surface area contributed by atoms with Crippen molar-refractivity contribution in [2.45, 2.75) is 57.4 Å². The van der Waals surface area contributed by atoms with Gasteiger partial charge in [-0.3, -0.25) is 4.79 Å². The Labute approximate surface area is 200 Å². The van der Waals surface area contributed by atoms with Crippen molar-refractivity contribution in [3.05, 3.63) is 53.2 Å². The number of ether oxygens (including phenoxy) is 2. The molecule has 1 fully saturated rings. The maximum Gasteiger partial charge on any atom is 0.329 e. The number of amides is 1. The Hall–Kier alpha value is -3.13. The van der Waals surface area contributed by atoms with Crippen LogP contribution >= 0.6 is 0 Å². The van der Waals surface area contributed by atoms with Crippen molar-refractivity contribution in [1.29, 1.82) is 0 Å². The van der Waals surface area contributed by atoms with Crippen LogP contribution in [0.15, 0.2) is 36.5 Å². The van der Waals surface area contributed by atoms with Gasteiger partial charge in [0.1, 0.15) is 5.54 Å². The monoisotopic (exact) mass is 470 g/mol. The van der Waals surface area contributed by atoms with Crippen LogP contribution in [0.1, 0.15) is 60.5 Å². The fraction of sp³-hybridized carbons (Fsp3) is 0.500. The largest absolute Gasteiger partial charge is 0.488 e. The van der Waals surface area contributed by atoms with E-state index in [9.17, 15) is 14.7 Å². The molecule has 0 aliphatic heterocycles. The summed E-state index contributed by atoms with van der Waals surface area (Å²) < 4.78 is 11.2. The van der Waals surface area contributed by atoms with Gasteiger partial charge in [-0.1, -0.05) is 37.6 Å². The number of pyridine rings is 1. The van der Waals surface area contributed by atoms with Crippen LogP contribution in [0.25, 0.3) is 0 Å². The molecule has 2 aromatic rings. The second kappa shape index (κ2) is 11.8. The lowest BCUT2D eigenvalue weighted by Gasteiger charge is -2.37. The highest BCUT2D eigenvalue weighted by Crippen LogP contribution is 2.34. The van der Waals surface area contributed by atoms with E-state index in [0.29, 0.717) is 44.0 Å². The third kappa shape index (κ3) is 6.26. The van der Waals surface area contributed by atoms with Crippen molar-refractivity contribution in [2.24, 2.45) is 5.92 Å². The molecule has 3 N–H and O–H groups in total. The Bertz CT molecular complexity index is 985. The molecule has 34 heavy (non-hydrogen) atoms. The van der Waals surface area contributed by atoms with Crippen LogP contribution in [0.3, 0.4) is 0 Å². The Kier molecular flexibility index (Phi) is 8.87. The van der Waals surface area contributed by atoms with E-state index >= 15 is 0 Å². The molecule has 1 heterocycles. The lowest BCUT2D eigenvalue weighted by atomic mass is 9.75. The van der Waals surface area contributed by atoms with E-state index in [1.807, 2.05) is 24.3 Å². The van der Waals surface area contributed by atoms with Gasteiger partial charge in [-0.2, -0.15) is 0 Å². The molecule has 1 aliphatic carbocycles. The molecular formula is C26H34N2O6. The zero-order chi connectivity index (χ0) is 24.6. The number of carboxylic acids is 1. The average molecular weight is 471 g/mol. The summed E-state index contributed by atoms with van der Waals surface area (Å²) in [6.07, 6.45) is 5.98. The molecule has 0 saturated heterocycles. The van der Waals surface area contributed by atoms with Gasteiger partial charge in [0.05, 0.1) is 19.3 Å². The number of carbonyl (C=O) groups excluding carboxylic acids is 1. The number of aliphatic hydroxyl groups excluding tert-OH is 1. The van der Waals surface area contributed by atoms with Gasteiger partial charge in [-0.05, 0) is 49.1 Å². The van der Waals surface area contributed by atoms with Crippen LogP contribution < -0.4 is 14.8 Å². The average Bonchev–Trinajstić information content (AvgIpc) is 2.84. The van der Waals surface area contributed by atoms with Crippen molar-refractivity contribution < 1.29 is 29.3 Å². The predicted molar refractivity (Wildman–Crippen MR) is 127 cm³/mol. The number of aromatic nitrogens is 1. The lowest BCUT2D eigenvalue weighted by molar-refractivity contribution is -0.146. The molecule has 8 heteroatoms. The van der Waals surface area contributed by atoms with Crippen molar-refractivity contribution in [3.63, 3.8) is 0 Å². The summed E-state index contributed by atoms with van der Waals surface area (Å²) in [6.45, 7) is 2.54. The fourth-order valence-electron chi connectivity index (χ4n) is 4.42. The predicted octanol–water partition coefficient (Wildman–Crippen LogP) is 3.40. The number of hydrogen-bond donors (Lipinski definition) is 3. The van der Waals surface area contributed by atoms with Crippen molar-refractivity contribution in [3.8, 4) is 11.6 Å². The summed E-state index contributed by atoms with van der Waals surface area (Å²) in [5.41, 5.74) is 1.08. The first-order valence-corrected chi connectivity index (χ1v) is 11.8. The number of benzene rings is 1. The van der Waals surface area contributed by atoms with Gasteiger partial charge in [0, 0.05) is 25.3 Å². The number of methoxy groups -OCH3 is 1. The highest BCUT2D eigenvalue weighted by Gasteiger charge is 2.43. The third-order valence-electron chi connectivity index (χ3n) is 6.61. The maximum atomic E-state index is 13.0. The van der Waals surface area contributed by atoms with Gasteiger partial charge in [-0.15, -0.1) is 0 Å². The Morgan fingerprint density at radius 1 is 1.18 bits per heavy atom. The molecule has 0 unspecified atom stereocenters. The van der Waals surface area contributed by atoms with Crippen molar-refractivity contribution in [2.75, 3.05) is 20.3 Å². The number of rotatable bonds is 11. The van der Waals surface area contributed by atoms with E-state index in [0.717, 1.165) is 30.4 Å². The smallest absolute Gasteiger partial charge is 0.329 e. The first-order chi connectivity index (χ1) is 16.4. The molecular weight excluding hydrogens is 436 g/mol. The van der Waals surface area contributed by atoms with Gasteiger partial charge >= 0.3 is 5.97 Å². The molecule has 1 aliphatic rings. The first-order valence-electron chi connectivity index (χ1n) is 11.8. The number of carboxylic acid groups (broad SMARTS) is 1. The van der Waals surface area contributed by atoms with Crippen LogP contribution in [-0.2, 0) is 17.6 Å². The van der Waals surface area contributed by atoms with Crippen molar-refractivity contribution in [1.82, 2.24) is 10.3 Å². The number of hydrogen-bond acceptors (Lipinski definition) is 6. The number of nitrogens with one attached hydrogen (secondary N) is 1. The summed E-state index contributed by atoms with van der Waals surface area (Å²) in [4.78, 5) is 29.2. The normalized spacial score (nSPS) is 19.9. The second-order valence-corrected chi connectivity index (χ2v) is 8.82. The van der Waals surface area contributed by atoms with E-state index in [4.69, 9.17) is 14.6 Å². The summed E-state index contributed by atoms with van der Waals surface area (Å²) >= 11 is 0. The summed E-state index contributed by atoms with van der Waals surface area (Å²) in [5, 5.41) is 21.8. The van der Waals surface area contributed by atoms with E-state index in [1.54, 1.807) is 0 Å². The summed E-state index contributed by atoms with van der Waals surface area (Å²) in [6, 6.07) is 9.46. The minimum absolute atomic E-state index is 0.0972. The van der Waals surface area contributed by atoms with Crippen molar-refractivity contribution >= 4 is 11.9 Å². The molecule has 1 amide bonds. The van der Waals surface area contributed by atoms with Crippen LogP contribution in [0.5, 0.6) is 11.6 Å². The Balaban J connectivity index is 1.68. The number of carbonyl (C=O) groups is 2. The molecule has 1 aromatic heterocycles. The molecule has 0 radical (unpaired) electrons. The van der Waals surface area contributed by atoms with Gasteiger partial charge in [0.2, 0.25) is 0 Å². The van der Waals surface area contributed by atoms with E-state index < -0.39 is 17.4 Å². The number of aliphatic carboxylic acids is 1. The van der Waals surface area contributed by atoms with E-state index in [2.05, 4.69) is 17.2 Å². The van der Waals surface area contributed by atoms with Gasteiger partial charge in [-0.25, -0.2) is 9.78 Å².